The lowest BCUT2D eigenvalue weighted by molar-refractivity contribution is 0.0846. The van der Waals surface area contributed by atoms with E-state index in [0.717, 1.165) is 5.69 Å². The Bertz CT molecular complexity index is 843. The van der Waals surface area contributed by atoms with Crippen molar-refractivity contribution in [1.29, 1.82) is 0 Å². The number of rotatable bonds is 3. The number of aromatic nitrogens is 2. The van der Waals surface area contributed by atoms with Gasteiger partial charge in [-0.2, -0.15) is 0 Å². The Morgan fingerprint density at radius 1 is 0.875 bits per heavy atom. The molecule has 0 saturated carbocycles. The molecule has 0 bridgehead atoms. The molecule has 1 heterocycles. The van der Waals surface area contributed by atoms with Crippen molar-refractivity contribution >= 4 is 23.4 Å². The number of nitrogens with zero attached hydrogens (tertiary/aromatic N) is 2. The molecule has 24 heavy (non-hydrogen) atoms. The number of halogens is 1. The van der Waals surface area contributed by atoms with Gasteiger partial charge in [-0.3, -0.25) is 20.4 Å². The summed E-state index contributed by atoms with van der Waals surface area (Å²) in [5.74, 6) is -0.829. The summed E-state index contributed by atoms with van der Waals surface area (Å²) < 4.78 is 1.82. The van der Waals surface area contributed by atoms with Crippen molar-refractivity contribution in [2.45, 2.75) is 0 Å². The maximum Gasteiger partial charge on any atom is 0.269 e. The molecule has 6 nitrogen and oxygen atoms in total. The number of hydrogen-bond acceptors (Lipinski definition) is 3. The lowest BCUT2D eigenvalue weighted by atomic mass is 10.2. The average molecular weight is 341 g/mol. The van der Waals surface area contributed by atoms with E-state index in [9.17, 15) is 9.59 Å². The number of nitrogens with one attached hydrogen (secondary N) is 2. The van der Waals surface area contributed by atoms with Crippen molar-refractivity contribution in [3.05, 3.63) is 83.4 Å². The highest BCUT2D eigenvalue weighted by atomic mass is 35.5. The highest BCUT2D eigenvalue weighted by molar-refractivity contribution is 6.30. The highest BCUT2D eigenvalue weighted by Gasteiger charge is 2.09. The second-order valence-corrected chi connectivity index (χ2v) is 5.37. The average Bonchev–Trinajstić information content (AvgIpc) is 3.15. The molecule has 0 radical (unpaired) electrons. The number of carbonyl (C=O) groups is 2. The zero-order valence-corrected chi connectivity index (χ0v) is 13.2. The standard InChI is InChI=1S/C17H13ClN4O2/c18-14-5-1-12(2-6-14)16(23)20-21-17(24)13-3-7-15(8-4-13)22-10-9-19-11-22/h1-11H,(H,20,23)(H,21,24). The molecule has 0 unspecified atom stereocenters. The predicted octanol–water partition coefficient (Wildman–Crippen LogP) is 2.60. The number of hydrazine groups is 1. The van der Waals surface area contributed by atoms with Crippen LogP contribution in [0.2, 0.25) is 5.02 Å². The molecule has 2 amide bonds. The van der Waals surface area contributed by atoms with Gasteiger partial charge in [-0.15, -0.1) is 0 Å². The van der Waals surface area contributed by atoms with E-state index in [2.05, 4.69) is 15.8 Å². The van der Waals surface area contributed by atoms with E-state index < -0.39 is 11.8 Å². The molecule has 1 aromatic heterocycles. The van der Waals surface area contributed by atoms with E-state index in [1.54, 1.807) is 67.3 Å². The first-order valence-electron chi connectivity index (χ1n) is 7.08. The molecule has 0 fully saturated rings. The quantitative estimate of drug-likeness (QED) is 0.719. The minimum absolute atomic E-state index is 0.398. The van der Waals surface area contributed by atoms with Crippen LogP contribution >= 0.6 is 11.6 Å². The summed E-state index contributed by atoms with van der Waals surface area (Å²) in [5, 5.41) is 0.536. The first kappa shape index (κ1) is 15.8. The Kier molecular flexibility index (Phi) is 4.58. The summed E-state index contributed by atoms with van der Waals surface area (Å²) in [5.41, 5.74) is 6.45. The fourth-order valence-electron chi connectivity index (χ4n) is 2.06. The normalized spacial score (nSPS) is 10.2. The summed E-state index contributed by atoms with van der Waals surface area (Å²) >= 11 is 5.77. The van der Waals surface area contributed by atoms with Gasteiger partial charge in [0.1, 0.15) is 0 Å². The first-order chi connectivity index (χ1) is 11.6. The molecular formula is C17H13ClN4O2. The van der Waals surface area contributed by atoms with Crippen LogP contribution in [0.4, 0.5) is 0 Å². The predicted molar refractivity (Wildman–Crippen MR) is 89.9 cm³/mol. The molecule has 0 spiro atoms. The maximum absolute atomic E-state index is 12.1. The molecule has 120 valence electrons. The molecule has 3 rings (SSSR count). The van der Waals surface area contributed by atoms with E-state index in [-0.39, 0.29) is 0 Å². The summed E-state index contributed by atoms with van der Waals surface area (Å²) in [6.45, 7) is 0. The monoisotopic (exact) mass is 340 g/mol. The summed E-state index contributed by atoms with van der Waals surface area (Å²) in [4.78, 5) is 28.0. The van der Waals surface area contributed by atoms with Crippen molar-refractivity contribution in [3.63, 3.8) is 0 Å². The van der Waals surface area contributed by atoms with Crippen LogP contribution in [-0.4, -0.2) is 21.4 Å². The second-order valence-electron chi connectivity index (χ2n) is 4.93. The molecule has 7 heteroatoms. The van der Waals surface area contributed by atoms with Gasteiger partial charge in [-0.05, 0) is 48.5 Å². The van der Waals surface area contributed by atoms with Gasteiger partial charge >= 0.3 is 0 Å². The van der Waals surface area contributed by atoms with Crippen molar-refractivity contribution in [2.75, 3.05) is 0 Å². The Labute approximate surface area is 143 Å². The van der Waals surface area contributed by atoms with Gasteiger partial charge in [0.2, 0.25) is 0 Å². The van der Waals surface area contributed by atoms with Gasteiger partial charge < -0.3 is 4.57 Å². The van der Waals surface area contributed by atoms with Gasteiger partial charge in [-0.25, -0.2) is 4.98 Å². The van der Waals surface area contributed by atoms with Crippen LogP contribution in [0.25, 0.3) is 5.69 Å². The van der Waals surface area contributed by atoms with Crippen molar-refractivity contribution in [2.24, 2.45) is 0 Å². The van der Waals surface area contributed by atoms with E-state index in [1.807, 2.05) is 4.57 Å². The third kappa shape index (κ3) is 3.61. The smallest absolute Gasteiger partial charge is 0.269 e. The van der Waals surface area contributed by atoms with Gasteiger partial charge in [0, 0.05) is 34.2 Å². The third-order valence-electron chi connectivity index (χ3n) is 3.33. The van der Waals surface area contributed by atoms with Crippen LogP contribution in [-0.2, 0) is 0 Å². The summed E-state index contributed by atoms with van der Waals surface area (Å²) in [6.07, 6.45) is 5.15. The molecule has 0 saturated heterocycles. The van der Waals surface area contributed by atoms with Gasteiger partial charge in [0.15, 0.2) is 0 Å². The van der Waals surface area contributed by atoms with E-state index in [0.29, 0.717) is 16.1 Å². The molecule has 0 aliphatic rings. The molecule has 0 atom stereocenters. The van der Waals surface area contributed by atoms with Crippen molar-refractivity contribution in [1.82, 2.24) is 20.4 Å². The molecule has 2 aromatic carbocycles. The minimum Gasteiger partial charge on any atom is -0.306 e. The van der Waals surface area contributed by atoms with Gasteiger partial charge in [0.05, 0.1) is 6.33 Å². The van der Waals surface area contributed by atoms with Crippen LogP contribution in [0.5, 0.6) is 0 Å². The maximum atomic E-state index is 12.1. The van der Waals surface area contributed by atoms with Crippen molar-refractivity contribution < 1.29 is 9.59 Å². The number of hydrogen-bond donors (Lipinski definition) is 2. The van der Waals surface area contributed by atoms with Crippen LogP contribution in [0.15, 0.2) is 67.3 Å². The topological polar surface area (TPSA) is 76.0 Å². The van der Waals surface area contributed by atoms with Gasteiger partial charge in [-0.1, -0.05) is 11.6 Å². The van der Waals surface area contributed by atoms with Gasteiger partial charge in [0.25, 0.3) is 11.8 Å². The Morgan fingerprint density at radius 3 is 1.92 bits per heavy atom. The lowest BCUT2D eigenvalue weighted by Crippen LogP contribution is -2.41. The fraction of sp³-hybridized carbons (Fsp3) is 0. The highest BCUT2D eigenvalue weighted by Crippen LogP contribution is 2.10. The molecule has 0 aliphatic heterocycles. The molecular weight excluding hydrogens is 328 g/mol. The first-order valence-corrected chi connectivity index (χ1v) is 7.46. The van der Waals surface area contributed by atoms with Crippen LogP contribution < -0.4 is 10.9 Å². The molecule has 0 aliphatic carbocycles. The van der Waals surface area contributed by atoms with Crippen LogP contribution in [0, 0.1) is 0 Å². The van der Waals surface area contributed by atoms with Crippen LogP contribution in [0.3, 0.4) is 0 Å². The summed E-state index contributed by atoms with van der Waals surface area (Å²) in [6, 6.07) is 13.3. The Hall–Kier alpha value is -3.12. The zero-order valence-electron chi connectivity index (χ0n) is 12.4. The second kappa shape index (κ2) is 6.97. The largest absolute Gasteiger partial charge is 0.306 e. The third-order valence-corrected chi connectivity index (χ3v) is 3.58. The number of amides is 2. The number of carbonyl (C=O) groups excluding carboxylic acids is 2. The molecule has 2 N–H and O–H groups in total. The van der Waals surface area contributed by atoms with Crippen molar-refractivity contribution in [3.8, 4) is 5.69 Å². The fourth-order valence-corrected chi connectivity index (χ4v) is 2.18. The molecule has 3 aromatic rings. The van der Waals surface area contributed by atoms with E-state index >= 15 is 0 Å². The number of imidazole rings is 1. The Morgan fingerprint density at radius 2 is 1.42 bits per heavy atom. The Balaban J connectivity index is 1.60. The van der Waals surface area contributed by atoms with Crippen LogP contribution in [0.1, 0.15) is 20.7 Å². The lowest BCUT2D eigenvalue weighted by Gasteiger charge is -2.08. The zero-order chi connectivity index (χ0) is 16.9. The van der Waals surface area contributed by atoms with E-state index in [4.69, 9.17) is 11.6 Å². The SMILES string of the molecule is O=C(NNC(=O)c1ccc(-n2ccnc2)cc1)c1ccc(Cl)cc1. The van der Waals surface area contributed by atoms with E-state index in [1.165, 1.54) is 0 Å². The minimum atomic E-state index is -0.421. The number of benzene rings is 2. The summed E-state index contributed by atoms with van der Waals surface area (Å²) in [7, 11) is 0.